The van der Waals surface area contributed by atoms with Crippen LogP contribution in [0.3, 0.4) is 0 Å². The van der Waals surface area contributed by atoms with Crippen LogP contribution in [-0.4, -0.2) is 47.4 Å². The maximum atomic E-state index is 13.1. The summed E-state index contributed by atoms with van der Waals surface area (Å²) in [5.74, 6) is 0.735. The number of ether oxygens (including phenoxy) is 1. The Morgan fingerprint density at radius 1 is 1.26 bits per heavy atom. The molecule has 0 atom stereocenters. The monoisotopic (exact) mass is 385 g/mol. The lowest BCUT2D eigenvalue weighted by Gasteiger charge is -2.48. The van der Waals surface area contributed by atoms with Gasteiger partial charge in [0.15, 0.2) is 0 Å². The minimum absolute atomic E-state index is 0.0139. The van der Waals surface area contributed by atoms with Crippen LogP contribution < -0.4 is 9.64 Å². The summed E-state index contributed by atoms with van der Waals surface area (Å²) in [6.07, 6.45) is 4.26. The Balaban J connectivity index is 1.59. The molecule has 7 heteroatoms. The van der Waals surface area contributed by atoms with Crippen molar-refractivity contribution < 1.29 is 14.3 Å². The summed E-state index contributed by atoms with van der Waals surface area (Å²) < 4.78 is 5.24. The van der Waals surface area contributed by atoms with Crippen LogP contribution in [0.5, 0.6) is 5.75 Å². The Morgan fingerprint density at radius 2 is 2.00 bits per heavy atom. The van der Waals surface area contributed by atoms with Crippen molar-refractivity contribution in [2.45, 2.75) is 37.6 Å². The largest absolute Gasteiger partial charge is 0.497 e. The second kappa shape index (κ2) is 7.31. The van der Waals surface area contributed by atoms with Gasteiger partial charge < -0.3 is 14.5 Å². The molecular formula is C20H23N3O3S. The van der Waals surface area contributed by atoms with E-state index in [1.807, 2.05) is 34.5 Å². The second-order valence-electron chi connectivity index (χ2n) is 7.26. The molecule has 1 aromatic heterocycles. The van der Waals surface area contributed by atoms with Gasteiger partial charge in [-0.25, -0.2) is 4.98 Å². The third-order valence-corrected chi connectivity index (χ3v) is 6.20. The lowest BCUT2D eigenvalue weighted by molar-refractivity contribution is -0.139. The van der Waals surface area contributed by atoms with E-state index in [-0.39, 0.29) is 30.3 Å². The molecule has 2 amide bonds. The molecule has 142 valence electrons. The van der Waals surface area contributed by atoms with Crippen LogP contribution >= 0.6 is 11.3 Å². The standard InChI is InChI=1S/C20H23N3O3S/c1-26-17-6-4-16(5-7-17)23-19(25)11-22(13-20(23)8-2-3-9-20)18(24)10-15-12-27-14-21-15/h4-7,12,14H,2-3,8-11,13H2,1H3. The van der Waals surface area contributed by atoms with Gasteiger partial charge in [0, 0.05) is 17.6 Å². The molecule has 6 nitrogen and oxygen atoms in total. The highest BCUT2D eigenvalue weighted by molar-refractivity contribution is 7.07. The molecule has 1 aliphatic carbocycles. The quantitative estimate of drug-likeness (QED) is 0.812. The number of carbonyl (C=O) groups is 2. The van der Waals surface area contributed by atoms with Crippen molar-refractivity contribution >= 4 is 28.8 Å². The van der Waals surface area contributed by atoms with Gasteiger partial charge in [0.1, 0.15) is 12.3 Å². The topological polar surface area (TPSA) is 62.7 Å². The van der Waals surface area contributed by atoms with Gasteiger partial charge in [0.25, 0.3) is 0 Å². The fourth-order valence-electron chi connectivity index (χ4n) is 4.31. The molecule has 2 heterocycles. The second-order valence-corrected chi connectivity index (χ2v) is 7.98. The van der Waals surface area contributed by atoms with Gasteiger partial charge in [-0.1, -0.05) is 12.8 Å². The number of piperazine rings is 1. The minimum atomic E-state index is -0.304. The minimum Gasteiger partial charge on any atom is -0.497 e. The zero-order chi connectivity index (χ0) is 18.9. The number of carbonyl (C=O) groups excluding carboxylic acids is 2. The number of hydrogen-bond donors (Lipinski definition) is 0. The molecule has 0 radical (unpaired) electrons. The molecule has 27 heavy (non-hydrogen) atoms. The highest BCUT2D eigenvalue weighted by Crippen LogP contribution is 2.41. The van der Waals surface area contributed by atoms with Crippen molar-refractivity contribution in [1.29, 1.82) is 0 Å². The maximum absolute atomic E-state index is 13.1. The number of hydrogen-bond acceptors (Lipinski definition) is 5. The summed E-state index contributed by atoms with van der Waals surface area (Å²) >= 11 is 1.48. The first kappa shape index (κ1) is 18.0. The SMILES string of the molecule is COc1ccc(N2C(=O)CN(C(=O)Cc3cscn3)CC23CCCC3)cc1. The molecule has 1 saturated heterocycles. The molecule has 2 aromatic rings. The third-order valence-electron chi connectivity index (χ3n) is 5.57. The van der Waals surface area contributed by atoms with Gasteiger partial charge in [0.05, 0.1) is 30.3 Å². The van der Waals surface area contributed by atoms with E-state index >= 15 is 0 Å². The molecule has 1 aromatic carbocycles. The fourth-order valence-corrected chi connectivity index (χ4v) is 4.87. The first-order valence-corrected chi connectivity index (χ1v) is 10.2. The van der Waals surface area contributed by atoms with Crippen LogP contribution in [0.4, 0.5) is 5.69 Å². The Morgan fingerprint density at radius 3 is 2.63 bits per heavy atom. The Labute approximate surface area is 162 Å². The average Bonchev–Trinajstić information content (AvgIpc) is 3.34. The van der Waals surface area contributed by atoms with Crippen LogP contribution in [0.25, 0.3) is 0 Å². The zero-order valence-electron chi connectivity index (χ0n) is 15.4. The van der Waals surface area contributed by atoms with Crippen molar-refractivity contribution in [1.82, 2.24) is 9.88 Å². The number of rotatable bonds is 4. The number of benzene rings is 1. The predicted octanol–water partition coefficient (Wildman–Crippen LogP) is 2.88. The number of nitrogens with zero attached hydrogens (tertiary/aromatic N) is 3. The van der Waals surface area contributed by atoms with E-state index in [1.165, 1.54) is 11.3 Å². The zero-order valence-corrected chi connectivity index (χ0v) is 16.2. The number of anilines is 1. The normalized spacial score (nSPS) is 18.9. The van der Waals surface area contributed by atoms with Crippen LogP contribution in [0, 0.1) is 0 Å². The van der Waals surface area contributed by atoms with Crippen molar-refractivity contribution in [3.05, 3.63) is 40.8 Å². The molecule has 1 saturated carbocycles. The lowest BCUT2D eigenvalue weighted by Crippen LogP contribution is -2.65. The number of amides is 2. The molecular weight excluding hydrogens is 362 g/mol. The summed E-state index contributed by atoms with van der Waals surface area (Å²) in [6.45, 7) is 0.713. The smallest absolute Gasteiger partial charge is 0.247 e. The van der Waals surface area contributed by atoms with E-state index in [1.54, 1.807) is 17.5 Å². The fraction of sp³-hybridized carbons (Fsp3) is 0.450. The molecule has 4 rings (SSSR count). The lowest BCUT2D eigenvalue weighted by atomic mass is 9.90. The number of thiazole rings is 1. The summed E-state index contributed by atoms with van der Waals surface area (Å²) in [5, 5.41) is 1.89. The van der Waals surface area contributed by atoms with Crippen molar-refractivity contribution in [2.75, 3.05) is 25.1 Å². The highest BCUT2D eigenvalue weighted by Gasteiger charge is 2.48. The molecule has 0 N–H and O–H groups in total. The van der Waals surface area contributed by atoms with Crippen LogP contribution in [-0.2, 0) is 16.0 Å². The first-order valence-electron chi connectivity index (χ1n) is 9.23. The third kappa shape index (κ3) is 3.43. The first-order chi connectivity index (χ1) is 13.1. The van der Waals surface area contributed by atoms with E-state index in [2.05, 4.69) is 4.98 Å². The summed E-state index contributed by atoms with van der Waals surface area (Å²) in [4.78, 5) is 33.8. The average molecular weight is 385 g/mol. The highest BCUT2D eigenvalue weighted by atomic mass is 32.1. The molecule has 0 bridgehead atoms. The van der Waals surface area contributed by atoms with E-state index in [9.17, 15) is 9.59 Å². The van der Waals surface area contributed by atoms with Gasteiger partial charge in [0.2, 0.25) is 11.8 Å². The van der Waals surface area contributed by atoms with Crippen LogP contribution in [0.1, 0.15) is 31.4 Å². The summed E-state index contributed by atoms with van der Waals surface area (Å²) in [7, 11) is 1.63. The maximum Gasteiger partial charge on any atom is 0.247 e. The molecule has 0 unspecified atom stereocenters. The van der Waals surface area contributed by atoms with Gasteiger partial charge in [-0.15, -0.1) is 11.3 Å². The molecule has 2 fully saturated rings. The van der Waals surface area contributed by atoms with E-state index in [0.717, 1.165) is 42.8 Å². The number of methoxy groups -OCH3 is 1. The Bertz CT molecular complexity index is 814. The van der Waals surface area contributed by atoms with Crippen molar-refractivity contribution in [3.8, 4) is 5.75 Å². The Kier molecular flexibility index (Phi) is 4.86. The summed E-state index contributed by atoms with van der Waals surface area (Å²) in [6, 6.07) is 7.63. The van der Waals surface area contributed by atoms with E-state index in [0.29, 0.717) is 6.54 Å². The van der Waals surface area contributed by atoms with Gasteiger partial charge in [-0.05, 0) is 37.1 Å². The summed E-state index contributed by atoms with van der Waals surface area (Å²) in [5.41, 5.74) is 3.08. The van der Waals surface area contributed by atoms with Gasteiger partial charge >= 0.3 is 0 Å². The molecule has 2 aliphatic rings. The van der Waals surface area contributed by atoms with Crippen molar-refractivity contribution in [2.24, 2.45) is 0 Å². The molecule has 1 spiro atoms. The predicted molar refractivity (Wildman–Crippen MR) is 104 cm³/mol. The van der Waals surface area contributed by atoms with Crippen LogP contribution in [0.15, 0.2) is 35.2 Å². The Hall–Kier alpha value is -2.41. The van der Waals surface area contributed by atoms with E-state index in [4.69, 9.17) is 4.74 Å². The van der Waals surface area contributed by atoms with Crippen LogP contribution in [0.2, 0.25) is 0 Å². The van der Waals surface area contributed by atoms with Gasteiger partial charge in [-0.3, -0.25) is 9.59 Å². The van der Waals surface area contributed by atoms with Crippen molar-refractivity contribution in [3.63, 3.8) is 0 Å². The molecule has 1 aliphatic heterocycles. The number of aromatic nitrogens is 1. The van der Waals surface area contributed by atoms with E-state index < -0.39 is 0 Å². The van der Waals surface area contributed by atoms with Gasteiger partial charge in [-0.2, -0.15) is 0 Å².